The number of benzene rings is 1. The van der Waals surface area contributed by atoms with E-state index in [2.05, 4.69) is 10.6 Å². The quantitative estimate of drug-likeness (QED) is 0.845. The van der Waals surface area contributed by atoms with E-state index < -0.39 is 0 Å². The molecule has 0 saturated carbocycles. The van der Waals surface area contributed by atoms with Crippen LogP contribution in [0, 0.1) is 5.92 Å². The van der Waals surface area contributed by atoms with Gasteiger partial charge in [-0.1, -0.05) is 6.07 Å². The Morgan fingerprint density at radius 1 is 1.20 bits per heavy atom. The van der Waals surface area contributed by atoms with E-state index in [1.807, 2.05) is 6.07 Å². The lowest BCUT2D eigenvalue weighted by Gasteiger charge is -2.30. The van der Waals surface area contributed by atoms with E-state index in [-0.39, 0.29) is 23.6 Å². The Hall–Kier alpha value is -2.57. The summed E-state index contributed by atoms with van der Waals surface area (Å²) in [6.07, 6.45) is 1.37. The van der Waals surface area contributed by atoms with Gasteiger partial charge >= 0.3 is 0 Å². The van der Waals surface area contributed by atoms with Crippen molar-refractivity contribution in [2.75, 3.05) is 25.5 Å². The molecule has 2 rings (SSSR count). The summed E-state index contributed by atoms with van der Waals surface area (Å²) >= 11 is 0. The minimum absolute atomic E-state index is 0.0000900. The zero-order valence-corrected chi connectivity index (χ0v) is 14.9. The molecule has 0 unspecified atom stereocenters. The number of amides is 3. The molecule has 7 nitrogen and oxygen atoms in total. The lowest BCUT2D eigenvalue weighted by Crippen LogP contribution is -2.42. The monoisotopic (exact) mass is 347 g/mol. The van der Waals surface area contributed by atoms with Gasteiger partial charge in [0.25, 0.3) is 0 Å². The van der Waals surface area contributed by atoms with Crippen LogP contribution >= 0.6 is 0 Å². The molecule has 1 heterocycles. The second-order valence-corrected chi connectivity index (χ2v) is 6.21. The van der Waals surface area contributed by atoms with Crippen LogP contribution in [-0.4, -0.2) is 42.8 Å². The molecule has 1 fully saturated rings. The third kappa shape index (κ3) is 5.20. The first-order chi connectivity index (χ1) is 11.9. The number of carbonyl (C=O) groups is 3. The van der Waals surface area contributed by atoms with Crippen LogP contribution < -0.4 is 15.4 Å². The maximum Gasteiger partial charge on any atom is 0.223 e. The first-order valence-corrected chi connectivity index (χ1v) is 8.38. The summed E-state index contributed by atoms with van der Waals surface area (Å²) in [5.41, 5.74) is 1.45. The van der Waals surface area contributed by atoms with Gasteiger partial charge in [0.2, 0.25) is 17.7 Å². The number of carbonyl (C=O) groups excluding carboxylic acids is 3. The third-order valence-electron chi connectivity index (χ3n) is 4.35. The Balaban J connectivity index is 1.91. The van der Waals surface area contributed by atoms with Crippen molar-refractivity contribution in [3.63, 3.8) is 0 Å². The molecular weight excluding hydrogens is 322 g/mol. The van der Waals surface area contributed by atoms with Crippen LogP contribution in [-0.2, 0) is 20.9 Å². The van der Waals surface area contributed by atoms with Crippen molar-refractivity contribution in [1.82, 2.24) is 10.2 Å². The molecule has 136 valence electrons. The molecule has 25 heavy (non-hydrogen) atoms. The molecule has 1 saturated heterocycles. The number of piperidine rings is 1. The number of nitrogens with zero attached hydrogens (tertiary/aromatic N) is 1. The molecule has 1 aliphatic rings. The van der Waals surface area contributed by atoms with Gasteiger partial charge in [-0.3, -0.25) is 14.4 Å². The van der Waals surface area contributed by atoms with Crippen molar-refractivity contribution in [3.8, 4) is 5.75 Å². The topological polar surface area (TPSA) is 87.7 Å². The van der Waals surface area contributed by atoms with Crippen molar-refractivity contribution in [1.29, 1.82) is 0 Å². The Morgan fingerprint density at radius 2 is 1.88 bits per heavy atom. The van der Waals surface area contributed by atoms with Crippen LogP contribution in [0.25, 0.3) is 0 Å². The highest BCUT2D eigenvalue weighted by atomic mass is 16.5. The summed E-state index contributed by atoms with van der Waals surface area (Å²) in [5, 5.41) is 5.65. The molecule has 1 aliphatic heterocycles. The SMILES string of the molecule is COc1ccc(CNC(=O)C2CCN(C(C)=O)CC2)cc1NC(C)=O. The fraction of sp³-hybridized carbons (Fsp3) is 0.500. The van der Waals surface area contributed by atoms with Crippen molar-refractivity contribution in [3.05, 3.63) is 23.8 Å². The Bertz CT molecular complexity index is 652. The average molecular weight is 347 g/mol. The van der Waals surface area contributed by atoms with Gasteiger partial charge in [0, 0.05) is 39.4 Å². The molecule has 0 atom stereocenters. The molecule has 0 radical (unpaired) electrons. The van der Waals surface area contributed by atoms with Crippen molar-refractivity contribution in [2.45, 2.75) is 33.2 Å². The van der Waals surface area contributed by atoms with Crippen LogP contribution in [0.4, 0.5) is 5.69 Å². The molecule has 0 spiro atoms. The van der Waals surface area contributed by atoms with Crippen LogP contribution in [0.1, 0.15) is 32.3 Å². The minimum atomic E-state index is -0.184. The summed E-state index contributed by atoms with van der Waals surface area (Å²) in [6.45, 7) is 4.62. The number of rotatable bonds is 5. The van der Waals surface area contributed by atoms with E-state index in [0.717, 1.165) is 5.56 Å². The number of ether oxygens (including phenoxy) is 1. The van der Waals surface area contributed by atoms with Crippen LogP contribution in [0.5, 0.6) is 5.75 Å². The van der Waals surface area contributed by atoms with E-state index in [1.54, 1.807) is 24.0 Å². The van der Waals surface area contributed by atoms with Crippen LogP contribution in [0.3, 0.4) is 0 Å². The second kappa shape index (κ2) is 8.50. The van der Waals surface area contributed by atoms with Gasteiger partial charge in [-0.05, 0) is 30.5 Å². The van der Waals surface area contributed by atoms with Gasteiger partial charge in [0.1, 0.15) is 5.75 Å². The predicted octanol–water partition coefficient (Wildman–Crippen LogP) is 1.53. The maximum absolute atomic E-state index is 12.3. The van der Waals surface area contributed by atoms with Gasteiger partial charge in [-0.2, -0.15) is 0 Å². The molecule has 3 amide bonds. The molecular formula is C18H25N3O4. The highest BCUT2D eigenvalue weighted by Gasteiger charge is 2.25. The van der Waals surface area contributed by atoms with E-state index in [4.69, 9.17) is 4.74 Å². The summed E-state index contributed by atoms with van der Waals surface area (Å²) in [6, 6.07) is 5.40. The zero-order chi connectivity index (χ0) is 18.4. The van der Waals surface area contributed by atoms with Crippen LogP contribution in [0.15, 0.2) is 18.2 Å². The van der Waals surface area contributed by atoms with Crippen molar-refractivity contribution >= 4 is 23.4 Å². The average Bonchev–Trinajstić information content (AvgIpc) is 2.59. The molecule has 0 aromatic heterocycles. The van der Waals surface area contributed by atoms with Crippen LogP contribution in [0.2, 0.25) is 0 Å². The fourth-order valence-electron chi connectivity index (χ4n) is 2.94. The summed E-state index contributed by atoms with van der Waals surface area (Å²) in [7, 11) is 1.54. The normalized spacial score (nSPS) is 14.8. The molecule has 2 N–H and O–H groups in total. The van der Waals surface area contributed by atoms with Gasteiger partial charge in [-0.25, -0.2) is 0 Å². The third-order valence-corrected chi connectivity index (χ3v) is 4.35. The van der Waals surface area contributed by atoms with E-state index in [1.165, 1.54) is 14.0 Å². The molecule has 1 aromatic carbocycles. The maximum atomic E-state index is 12.3. The standard InChI is InChI=1S/C18H25N3O4/c1-12(22)20-16-10-14(4-5-17(16)25-3)11-19-18(24)15-6-8-21(9-7-15)13(2)23/h4-5,10,15H,6-9,11H2,1-3H3,(H,19,24)(H,20,22). The highest BCUT2D eigenvalue weighted by molar-refractivity contribution is 5.90. The highest BCUT2D eigenvalue weighted by Crippen LogP contribution is 2.25. The first-order valence-electron chi connectivity index (χ1n) is 8.38. The molecule has 7 heteroatoms. The van der Waals surface area contributed by atoms with Crippen molar-refractivity contribution < 1.29 is 19.1 Å². The Labute approximate surface area is 147 Å². The van der Waals surface area contributed by atoms with Crippen molar-refractivity contribution in [2.24, 2.45) is 5.92 Å². The van der Waals surface area contributed by atoms with E-state index >= 15 is 0 Å². The molecule has 0 bridgehead atoms. The lowest BCUT2D eigenvalue weighted by molar-refractivity contribution is -0.134. The number of nitrogens with one attached hydrogen (secondary N) is 2. The van der Waals surface area contributed by atoms with Gasteiger partial charge in [0.15, 0.2) is 0 Å². The minimum Gasteiger partial charge on any atom is -0.495 e. The number of anilines is 1. The number of hydrogen-bond donors (Lipinski definition) is 2. The largest absolute Gasteiger partial charge is 0.495 e. The summed E-state index contributed by atoms with van der Waals surface area (Å²) in [5.74, 6) is 0.380. The smallest absolute Gasteiger partial charge is 0.223 e. The summed E-state index contributed by atoms with van der Waals surface area (Å²) in [4.78, 5) is 36.7. The fourth-order valence-corrected chi connectivity index (χ4v) is 2.94. The second-order valence-electron chi connectivity index (χ2n) is 6.21. The number of methoxy groups -OCH3 is 1. The Morgan fingerprint density at radius 3 is 2.44 bits per heavy atom. The Kier molecular flexibility index (Phi) is 6.38. The number of likely N-dealkylation sites (tertiary alicyclic amines) is 1. The van der Waals surface area contributed by atoms with E-state index in [0.29, 0.717) is 43.9 Å². The lowest BCUT2D eigenvalue weighted by atomic mass is 9.96. The first kappa shape index (κ1) is 18.8. The van der Waals surface area contributed by atoms with Gasteiger partial charge in [-0.15, -0.1) is 0 Å². The van der Waals surface area contributed by atoms with Gasteiger partial charge < -0.3 is 20.3 Å². The van der Waals surface area contributed by atoms with Gasteiger partial charge in [0.05, 0.1) is 12.8 Å². The summed E-state index contributed by atoms with van der Waals surface area (Å²) < 4.78 is 5.22. The van der Waals surface area contributed by atoms with E-state index in [9.17, 15) is 14.4 Å². The predicted molar refractivity (Wildman–Crippen MR) is 94.1 cm³/mol. The molecule has 0 aliphatic carbocycles. The zero-order valence-electron chi connectivity index (χ0n) is 14.9. The number of hydrogen-bond acceptors (Lipinski definition) is 4. The molecule has 1 aromatic rings.